The van der Waals surface area contributed by atoms with Gasteiger partial charge >= 0.3 is 0 Å². The fraction of sp³-hybridized carbons (Fsp3) is 0.125. The van der Waals surface area contributed by atoms with E-state index in [0.29, 0.717) is 17.2 Å². The van der Waals surface area contributed by atoms with Gasteiger partial charge in [0.05, 0.1) is 12.7 Å². The monoisotopic (exact) mass is 329 g/mol. The molecule has 1 N–H and O–H groups in total. The van der Waals surface area contributed by atoms with Crippen LogP contribution in [0.4, 0.5) is 0 Å². The van der Waals surface area contributed by atoms with Gasteiger partial charge in [-0.25, -0.2) is 4.98 Å². The Morgan fingerprint density at radius 3 is 2.87 bits per heavy atom. The van der Waals surface area contributed by atoms with Gasteiger partial charge in [0.2, 0.25) is 5.78 Å². The summed E-state index contributed by atoms with van der Waals surface area (Å²) in [6, 6.07) is 9.21. The third-order valence-corrected chi connectivity index (χ3v) is 3.56. The van der Waals surface area contributed by atoms with Crippen molar-refractivity contribution in [3.63, 3.8) is 0 Å². The molecule has 0 aliphatic carbocycles. The van der Waals surface area contributed by atoms with Crippen molar-refractivity contribution in [2.45, 2.75) is 12.8 Å². The van der Waals surface area contributed by atoms with Crippen LogP contribution in [0.15, 0.2) is 47.3 Å². The maximum absolute atomic E-state index is 12.0. The number of hydrogen-bond donors (Lipinski definition) is 1. The van der Waals surface area contributed by atoms with Crippen LogP contribution >= 0.6 is 11.6 Å². The highest BCUT2D eigenvalue weighted by atomic mass is 35.5. The number of carbonyl (C=O) groups excluding carboxylic acids is 2. The van der Waals surface area contributed by atoms with Crippen molar-refractivity contribution in [1.82, 2.24) is 15.2 Å². The van der Waals surface area contributed by atoms with Gasteiger partial charge in [0.25, 0.3) is 5.78 Å². The van der Waals surface area contributed by atoms with Crippen LogP contribution in [0.2, 0.25) is 5.02 Å². The zero-order chi connectivity index (χ0) is 16.2. The number of rotatable bonds is 6. The highest BCUT2D eigenvalue weighted by molar-refractivity contribution is 6.43. The molecular formula is C16H12ClN3O3. The molecule has 0 saturated carbocycles. The van der Waals surface area contributed by atoms with Crippen molar-refractivity contribution in [3.8, 4) is 0 Å². The maximum atomic E-state index is 12.0. The fourth-order valence-electron chi connectivity index (χ4n) is 2.22. The highest BCUT2D eigenvalue weighted by Gasteiger charge is 2.22. The summed E-state index contributed by atoms with van der Waals surface area (Å²) in [7, 11) is 0. The van der Waals surface area contributed by atoms with E-state index >= 15 is 0 Å². The number of H-pyrrole nitrogens is 1. The van der Waals surface area contributed by atoms with Crippen LogP contribution < -0.4 is 0 Å². The summed E-state index contributed by atoms with van der Waals surface area (Å²) >= 11 is 5.97. The van der Waals surface area contributed by atoms with E-state index in [9.17, 15) is 9.59 Å². The number of aromatic nitrogens is 3. The molecule has 0 saturated heterocycles. The van der Waals surface area contributed by atoms with Crippen molar-refractivity contribution in [2.75, 3.05) is 0 Å². The number of nitrogens with zero attached hydrogens (tertiary/aromatic N) is 2. The number of carbonyl (C=O) groups is 2. The molecule has 0 radical (unpaired) electrons. The van der Waals surface area contributed by atoms with E-state index in [2.05, 4.69) is 15.2 Å². The summed E-state index contributed by atoms with van der Waals surface area (Å²) in [6.45, 7) is 0. The number of nitrogens with one attached hydrogen (secondary N) is 1. The topological polar surface area (TPSA) is 88.8 Å². The first-order chi connectivity index (χ1) is 11.1. The Hall–Kier alpha value is -2.73. The molecule has 3 rings (SSSR count). The molecule has 2 aromatic heterocycles. The number of Topliss-reactive ketones (excluding diaryl/α,β-unsaturated/α-hetero) is 2. The molecule has 0 unspecified atom stereocenters. The smallest absolute Gasteiger partial charge is 0.265 e. The Morgan fingerprint density at radius 1 is 1.26 bits per heavy atom. The standard InChI is InChI=1S/C16H12ClN3O3/c17-12-3-1-2-10(7-12)6-11-4-5-23-14(11)8-13(21)15(22)16-18-9-19-20-16/h1-5,7,9H,6,8H2,(H,18,19,20). The first-order valence-electron chi connectivity index (χ1n) is 6.86. The minimum absolute atomic E-state index is 0.0713. The lowest BCUT2D eigenvalue weighted by Gasteiger charge is -2.03. The van der Waals surface area contributed by atoms with Gasteiger partial charge in [-0.15, -0.1) is 0 Å². The van der Waals surface area contributed by atoms with Gasteiger partial charge in [0.1, 0.15) is 12.1 Å². The zero-order valence-corrected chi connectivity index (χ0v) is 12.7. The van der Waals surface area contributed by atoms with Gasteiger partial charge in [-0.05, 0) is 29.3 Å². The van der Waals surface area contributed by atoms with Crippen molar-refractivity contribution in [3.05, 3.63) is 70.7 Å². The quantitative estimate of drug-likeness (QED) is 0.554. The lowest BCUT2D eigenvalue weighted by Crippen LogP contribution is -2.18. The summed E-state index contributed by atoms with van der Waals surface area (Å²) < 4.78 is 5.35. The normalized spacial score (nSPS) is 10.7. The summed E-state index contributed by atoms with van der Waals surface area (Å²) in [5.41, 5.74) is 1.83. The van der Waals surface area contributed by atoms with Crippen LogP contribution in [0.3, 0.4) is 0 Å². The van der Waals surface area contributed by atoms with Crippen molar-refractivity contribution < 1.29 is 14.0 Å². The number of ketones is 2. The average molecular weight is 330 g/mol. The number of halogens is 1. The minimum atomic E-state index is -0.715. The van der Waals surface area contributed by atoms with E-state index in [0.717, 1.165) is 11.1 Å². The summed E-state index contributed by atoms with van der Waals surface area (Å²) in [5, 5.41) is 6.58. The van der Waals surface area contributed by atoms with Gasteiger partial charge in [0, 0.05) is 11.4 Å². The molecular weight excluding hydrogens is 318 g/mol. The molecule has 0 bridgehead atoms. The van der Waals surface area contributed by atoms with Crippen molar-refractivity contribution in [2.24, 2.45) is 0 Å². The molecule has 0 spiro atoms. The second kappa shape index (κ2) is 6.58. The van der Waals surface area contributed by atoms with Crippen LogP contribution in [0.25, 0.3) is 0 Å². The number of benzene rings is 1. The van der Waals surface area contributed by atoms with Gasteiger partial charge in [-0.2, -0.15) is 5.10 Å². The minimum Gasteiger partial charge on any atom is -0.469 e. The van der Waals surface area contributed by atoms with E-state index in [-0.39, 0.29) is 12.2 Å². The Kier molecular flexibility index (Phi) is 4.34. The number of hydrogen-bond acceptors (Lipinski definition) is 5. The number of aromatic amines is 1. The molecule has 7 heteroatoms. The summed E-state index contributed by atoms with van der Waals surface area (Å²) in [5.74, 6) is -0.933. The summed E-state index contributed by atoms with van der Waals surface area (Å²) in [4.78, 5) is 27.6. The number of furan rings is 1. The molecule has 2 heterocycles. The third-order valence-electron chi connectivity index (χ3n) is 3.33. The van der Waals surface area contributed by atoms with Crippen molar-refractivity contribution in [1.29, 1.82) is 0 Å². The Morgan fingerprint density at radius 2 is 2.13 bits per heavy atom. The molecule has 0 fully saturated rings. The second-order valence-electron chi connectivity index (χ2n) is 4.94. The van der Waals surface area contributed by atoms with Crippen molar-refractivity contribution >= 4 is 23.2 Å². The summed E-state index contributed by atoms with van der Waals surface area (Å²) in [6.07, 6.45) is 3.12. The second-order valence-corrected chi connectivity index (χ2v) is 5.38. The Bertz CT molecular complexity index is 840. The lowest BCUT2D eigenvalue weighted by molar-refractivity contribution is -0.114. The Balaban J connectivity index is 1.73. The zero-order valence-electron chi connectivity index (χ0n) is 12.0. The predicted molar refractivity (Wildman–Crippen MR) is 82.4 cm³/mol. The molecule has 0 aliphatic heterocycles. The van der Waals surface area contributed by atoms with E-state index in [1.807, 2.05) is 18.2 Å². The third kappa shape index (κ3) is 3.54. The van der Waals surface area contributed by atoms with Crippen LogP contribution in [0.5, 0.6) is 0 Å². The molecule has 6 nitrogen and oxygen atoms in total. The lowest BCUT2D eigenvalue weighted by atomic mass is 10.0. The first kappa shape index (κ1) is 15.2. The molecule has 3 aromatic rings. The van der Waals surface area contributed by atoms with Crippen LogP contribution in [-0.4, -0.2) is 26.7 Å². The largest absolute Gasteiger partial charge is 0.469 e. The average Bonchev–Trinajstić information content (AvgIpc) is 3.19. The van der Waals surface area contributed by atoms with Crippen LogP contribution in [0, 0.1) is 0 Å². The molecule has 0 aliphatic rings. The van der Waals surface area contributed by atoms with E-state index in [4.69, 9.17) is 16.0 Å². The predicted octanol–water partition coefficient (Wildman–Crippen LogP) is 2.64. The fourth-order valence-corrected chi connectivity index (χ4v) is 2.43. The van der Waals surface area contributed by atoms with Gasteiger partial charge in [0.15, 0.2) is 5.82 Å². The van der Waals surface area contributed by atoms with Crippen LogP contribution in [0.1, 0.15) is 27.5 Å². The Labute approximate surface area is 136 Å². The highest BCUT2D eigenvalue weighted by Crippen LogP contribution is 2.19. The molecule has 116 valence electrons. The molecule has 1 aromatic carbocycles. The molecule has 0 atom stereocenters. The van der Waals surface area contributed by atoms with Gasteiger partial charge in [-0.3, -0.25) is 14.7 Å². The van der Waals surface area contributed by atoms with E-state index in [1.54, 1.807) is 12.1 Å². The van der Waals surface area contributed by atoms with E-state index < -0.39 is 11.6 Å². The van der Waals surface area contributed by atoms with Crippen LogP contribution in [-0.2, 0) is 17.6 Å². The van der Waals surface area contributed by atoms with Gasteiger partial charge < -0.3 is 4.42 Å². The van der Waals surface area contributed by atoms with Gasteiger partial charge in [-0.1, -0.05) is 23.7 Å². The maximum Gasteiger partial charge on any atom is 0.265 e. The van der Waals surface area contributed by atoms with E-state index in [1.165, 1.54) is 12.6 Å². The molecule has 23 heavy (non-hydrogen) atoms. The SMILES string of the molecule is O=C(Cc1occc1Cc1cccc(Cl)c1)C(=O)c1ncn[nH]1. The first-order valence-corrected chi connectivity index (χ1v) is 7.24. The molecule has 0 amide bonds.